The molecule has 5 heteroatoms. The maximum atomic E-state index is 13.9. The first-order valence-electron chi connectivity index (χ1n) is 7.14. The van der Waals surface area contributed by atoms with E-state index >= 15 is 0 Å². The second-order valence-electron chi connectivity index (χ2n) is 6.40. The van der Waals surface area contributed by atoms with E-state index in [1.54, 1.807) is 17.0 Å². The Hall–Kier alpha value is -1.49. The van der Waals surface area contributed by atoms with Gasteiger partial charge in [-0.3, -0.25) is 4.79 Å². The van der Waals surface area contributed by atoms with E-state index in [9.17, 15) is 9.18 Å². The molecule has 0 aromatic heterocycles. The van der Waals surface area contributed by atoms with E-state index in [4.69, 9.17) is 18.0 Å². The molecule has 1 amide bonds. The predicted octanol–water partition coefficient (Wildman–Crippen LogP) is 3.00. The summed E-state index contributed by atoms with van der Waals surface area (Å²) in [7, 11) is 0. The molecule has 1 aromatic rings. The Balaban J connectivity index is 2.19. The van der Waals surface area contributed by atoms with Crippen LogP contribution >= 0.6 is 12.2 Å². The molecule has 1 aliphatic heterocycles. The zero-order chi connectivity index (χ0) is 15.6. The Morgan fingerprint density at radius 1 is 1.43 bits per heavy atom. The minimum absolute atomic E-state index is 0.0840. The van der Waals surface area contributed by atoms with Crippen molar-refractivity contribution in [1.29, 1.82) is 0 Å². The van der Waals surface area contributed by atoms with Gasteiger partial charge in [0, 0.05) is 30.6 Å². The van der Waals surface area contributed by atoms with Crippen LogP contribution in [0.15, 0.2) is 18.2 Å². The van der Waals surface area contributed by atoms with Crippen LogP contribution in [0.1, 0.15) is 44.2 Å². The number of hydrogen-bond acceptors (Lipinski definition) is 2. The molecular formula is C16H21FN2OS. The van der Waals surface area contributed by atoms with E-state index in [0.29, 0.717) is 24.1 Å². The number of thiocarbonyl (C=S) groups is 1. The van der Waals surface area contributed by atoms with Gasteiger partial charge in [-0.05, 0) is 36.5 Å². The van der Waals surface area contributed by atoms with Crippen molar-refractivity contribution in [3.05, 3.63) is 35.1 Å². The van der Waals surface area contributed by atoms with Crippen LogP contribution in [0.25, 0.3) is 0 Å². The first kappa shape index (κ1) is 15.9. The summed E-state index contributed by atoms with van der Waals surface area (Å²) in [5.74, 6) is -0.244. The first-order valence-corrected chi connectivity index (χ1v) is 7.55. The fourth-order valence-corrected chi connectivity index (χ4v) is 2.64. The minimum atomic E-state index is -0.327. The van der Waals surface area contributed by atoms with E-state index < -0.39 is 0 Å². The zero-order valence-corrected chi connectivity index (χ0v) is 13.3. The molecule has 0 saturated carbocycles. The summed E-state index contributed by atoms with van der Waals surface area (Å²) >= 11 is 4.92. The van der Waals surface area contributed by atoms with Crippen LogP contribution < -0.4 is 5.73 Å². The van der Waals surface area contributed by atoms with E-state index in [-0.39, 0.29) is 28.7 Å². The van der Waals surface area contributed by atoms with Crippen LogP contribution in [0, 0.1) is 11.2 Å². The number of amides is 1. The summed E-state index contributed by atoms with van der Waals surface area (Å²) in [6.07, 6.45) is 2.32. The Bertz CT molecular complexity index is 571. The molecular weight excluding hydrogens is 287 g/mol. The highest BCUT2D eigenvalue weighted by atomic mass is 32.1. The zero-order valence-electron chi connectivity index (χ0n) is 12.5. The summed E-state index contributed by atoms with van der Waals surface area (Å²) in [5, 5.41) is 0. The van der Waals surface area contributed by atoms with Crippen LogP contribution in [0.3, 0.4) is 0 Å². The number of hydrogen-bond donors (Lipinski definition) is 1. The van der Waals surface area contributed by atoms with Crippen molar-refractivity contribution in [1.82, 2.24) is 4.90 Å². The topological polar surface area (TPSA) is 46.3 Å². The van der Waals surface area contributed by atoms with Crippen LogP contribution in [-0.4, -0.2) is 22.3 Å². The van der Waals surface area contributed by atoms with Gasteiger partial charge in [0.05, 0.1) is 0 Å². The highest BCUT2D eigenvalue weighted by molar-refractivity contribution is 7.80. The lowest BCUT2D eigenvalue weighted by Crippen LogP contribution is -2.30. The molecule has 0 aliphatic carbocycles. The molecule has 0 radical (unpaired) electrons. The number of benzene rings is 1. The van der Waals surface area contributed by atoms with Gasteiger partial charge in [0.15, 0.2) is 0 Å². The van der Waals surface area contributed by atoms with Crippen LogP contribution in [0.4, 0.5) is 4.39 Å². The quantitative estimate of drug-likeness (QED) is 0.873. The molecule has 0 spiro atoms. The third-order valence-electron chi connectivity index (χ3n) is 4.12. The Kier molecular flexibility index (Phi) is 4.61. The molecule has 1 fully saturated rings. The smallest absolute Gasteiger partial charge is 0.222 e. The van der Waals surface area contributed by atoms with Crippen LogP contribution in [0.5, 0.6) is 0 Å². The van der Waals surface area contributed by atoms with Crippen LogP contribution in [-0.2, 0) is 11.3 Å². The normalized spacial score (nSPS) is 18.4. The number of rotatable bonds is 3. The van der Waals surface area contributed by atoms with E-state index in [1.165, 1.54) is 6.07 Å². The standard InChI is InChI=1S/C16H21FN2OS/c1-16(2)6-5-14(20)19(8-7-16)10-12-9-11(15(18)21)3-4-13(12)17/h3-4,9H,5-8,10H2,1-2H3,(H2,18,21). The van der Waals surface area contributed by atoms with Gasteiger partial charge in [0.2, 0.25) is 5.91 Å². The van der Waals surface area contributed by atoms with Gasteiger partial charge in [-0.25, -0.2) is 4.39 Å². The lowest BCUT2D eigenvalue weighted by molar-refractivity contribution is -0.131. The Labute approximate surface area is 130 Å². The number of nitrogens with two attached hydrogens (primary N) is 1. The van der Waals surface area contributed by atoms with Gasteiger partial charge in [-0.2, -0.15) is 0 Å². The van der Waals surface area contributed by atoms with E-state index in [2.05, 4.69) is 13.8 Å². The number of nitrogens with zero attached hydrogens (tertiary/aromatic N) is 1. The average molecular weight is 308 g/mol. The number of halogens is 1. The minimum Gasteiger partial charge on any atom is -0.389 e. The SMILES string of the molecule is CC1(C)CCC(=O)N(Cc2cc(C(N)=S)ccc2F)CC1. The molecule has 0 bridgehead atoms. The third-order valence-corrected chi connectivity index (χ3v) is 4.35. The van der Waals surface area contributed by atoms with E-state index in [1.807, 2.05) is 0 Å². The summed E-state index contributed by atoms with van der Waals surface area (Å²) < 4.78 is 13.9. The van der Waals surface area contributed by atoms with Gasteiger partial charge in [0.1, 0.15) is 10.8 Å². The molecule has 1 saturated heterocycles. The predicted molar refractivity (Wildman–Crippen MR) is 85.3 cm³/mol. The van der Waals surface area contributed by atoms with Crippen molar-refractivity contribution >= 4 is 23.1 Å². The van der Waals surface area contributed by atoms with E-state index in [0.717, 1.165) is 12.8 Å². The van der Waals surface area contributed by atoms with Gasteiger partial charge in [0.25, 0.3) is 0 Å². The van der Waals surface area contributed by atoms with Crippen molar-refractivity contribution in [2.45, 2.75) is 39.7 Å². The molecule has 0 atom stereocenters. The first-order chi connectivity index (χ1) is 9.78. The number of likely N-dealkylation sites (tertiary alicyclic amines) is 1. The average Bonchev–Trinajstić information content (AvgIpc) is 2.54. The molecule has 2 rings (SSSR count). The molecule has 1 aliphatic rings. The fraction of sp³-hybridized carbons (Fsp3) is 0.500. The maximum Gasteiger partial charge on any atom is 0.222 e. The summed E-state index contributed by atoms with van der Waals surface area (Å²) in [4.78, 5) is 14.2. The Morgan fingerprint density at radius 2 is 2.14 bits per heavy atom. The third kappa shape index (κ3) is 4.00. The second kappa shape index (κ2) is 6.10. The van der Waals surface area contributed by atoms with Gasteiger partial charge >= 0.3 is 0 Å². The summed E-state index contributed by atoms with van der Waals surface area (Å²) in [6, 6.07) is 4.56. The number of carbonyl (C=O) groups excluding carboxylic acids is 1. The van der Waals surface area contributed by atoms with Crippen molar-refractivity contribution in [2.24, 2.45) is 11.1 Å². The largest absolute Gasteiger partial charge is 0.389 e. The van der Waals surface area contributed by atoms with Gasteiger partial charge in [-0.15, -0.1) is 0 Å². The Morgan fingerprint density at radius 3 is 2.81 bits per heavy atom. The molecule has 1 aromatic carbocycles. The summed E-state index contributed by atoms with van der Waals surface area (Å²) in [6.45, 7) is 5.26. The molecule has 0 unspecified atom stereocenters. The lowest BCUT2D eigenvalue weighted by Gasteiger charge is -2.23. The summed E-state index contributed by atoms with van der Waals surface area (Å²) in [5.41, 5.74) is 6.83. The molecule has 1 heterocycles. The second-order valence-corrected chi connectivity index (χ2v) is 6.84. The van der Waals surface area contributed by atoms with Gasteiger partial charge < -0.3 is 10.6 Å². The molecule has 2 N–H and O–H groups in total. The van der Waals surface area contributed by atoms with Crippen LogP contribution in [0.2, 0.25) is 0 Å². The highest BCUT2D eigenvalue weighted by Crippen LogP contribution is 2.31. The molecule has 3 nitrogen and oxygen atoms in total. The molecule has 114 valence electrons. The van der Waals surface area contributed by atoms with Crippen molar-refractivity contribution in [2.75, 3.05) is 6.54 Å². The van der Waals surface area contributed by atoms with Crippen molar-refractivity contribution < 1.29 is 9.18 Å². The van der Waals surface area contributed by atoms with Crippen molar-refractivity contribution in [3.63, 3.8) is 0 Å². The van der Waals surface area contributed by atoms with Crippen molar-refractivity contribution in [3.8, 4) is 0 Å². The molecule has 21 heavy (non-hydrogen) atoms. The monoisotopic (exact) mass is 308 g/mol. The lowest BCUT2D eigenvalue weighted by atomic mass is 9.85. The number of carbonyl (C=O) groups is 1. The fourth-order valence-electron chi connectivity index (χ4n) is 2.51. The maximum absolute atomic E-state index is 13.9. The van der Waals surface area contributed by atoms with Gasteiger partial charge in [-0.1, -0.05) is 26.1 Å². The highest BCUT2D eigenvalue weighted by Gasteiger charge is 2.27.